The number of halogens is 3. The number of methoxy groups -OCH3 is 1. The van der Waals surface area contributed by atoms with Crippen LogP contribution in [0.3, 0.4) is 0 Å². The lowest BCUT2D eigenvalue weighted by atomic mass is 9.47. The molecule has 0 aromatic carbocycles. The van der Waals surface area contributed by atoms with Crippen molar-refractivity contribution >= 4 is 43.5 Å². The first kappa shape index (κ1) is 18.3. The van der Waals surface area contributed by atoms with Gasteiger partial charge in [0.25, 0.3) is 0 Å². The Hall–Kier alpha value is 0.910. The standard InChI is InChI=1S/C16H25Br2ClO2/c1-13(2)10(17)8-12(21-5)15(4,20)16(13)7-6-14(3,19)11(18)9-16/h8,11-12,20H,6-7,9H2,1-5H3. The van der Waals surface area contributed by atoms with Gasteiger partial charge in [-0.2, -0.15) is 0 Å². The minimum Gasteiger partial charge on any atom is -0.387 e. The summed E-state index contributed by atoms with van der Waals surface area (Å²) in [6.45, 7) is 8.38. The number of aliphatic hydroxyl groups is 1. The summed E-state index contributed by atoms with van der Waals surface area (Å²) in [5.41, 5.74) is -1.41. The molecule has 1 spiro atoms. The Kier molecular flexibility index (Phi) is 4.76. The monoisotopic (exact) mass is 442 g/mol. The van der Waals surface area contributed by atoms with Crippen LogP contribution in [0.1, 0.15) is 47.0 Å². The van der Waals surface area contributed by atoms with Crippen LogP contribution in [-0.4, -0.2) is 33.6 Å². The van der Waals surface area contributed by atoms with Crippen molar-refractivity contribution in [2.75, 3.05) is 7.11 Å². The van der Waals surface area contributed by atoms with Crippen molar-refractivity contribution in [3.8, 4) is 0 Å². The van der Waals surface area contributed by atoms with E-state index in [-0.39, 0.29) is 26.6 Å². The highest BCUT2D eigenvalue weighted by Gasteiger charge is 2.65. The first-order chi connectivity index (χ1) is 9.42. The third kappa shape index (κ3) is 2.48. The molecule has 5 unspecified atom stereocenters. The van der Waals surface area contributed by atoms with Crippen molar-refractivity contribution in [2.24, 2.45) is 10.8 Å². The summed E-state index contributed by atoms with van der Waals surface area (Å²) in [6, 6.07) is 0. The second-order valence-corrected chi connectivity index (χ2v) is 10.3. The van der Waals surface area contributed by atoms with Gasteiger partial charge in [-0.3, -0.25) is 0 Å². The van der Waals surface area contributed by atoms with Crippen LogP contribution < -0.4 is 0 Å². The van der Waals surface area contributed by atoms with Gasteiger partial charge in [-0.25, -0.2) is 0 Å². The maximum Gasteiger partial charge on any atom is 0.105 e. The molecular weight excluding hydrogens is 419 g/mol. The van der Waals surface area contributed by atoms with Gasteiger partial charge in [0.05, 0.1) is 10.5 Å². The molecule has 0 bridgehead atoms. The van der Waals surface area contributed by atoms with Crippen LogP contribution in [0.15, 0.2) is 10.6 Å². The van der Waals surface area contributed by atoms with Gasteiger partial charge in [0.1, 0.15) is 6.10 Å². The molecule has 2 aliphatic carbocycles. The Morgan fingerprint density at radius 2 is 1.86 bits per heavy atom. The minimum absolute atomic E-state index is 0.155. The molecule has 2 nitrogen and oxygen atoms in total. The molecule has 1 N–H and O–H groups in total. The number of hydrogen-bond donors (Lipinski definition) is 1. The van der Waals surface area contributed by atoms with E-state index in [1.165, 1.54) is 0 Å². The lowest BCUT2D eigenvalue weighted by molar-refractivity contribution is -0.198. The third-order valence-corrected chi connectivity index (χ3v) is 9.40. The molecule has 1 saturated carbocycles. The fourth-order valence-electron chi connectivity index (χ4n) is 4.20. The normalized spacial score (nSPS) is 50.0. The molecule has 0 heterocycles. The number of alkyl halides is 2. The van der Waals surface area contributed by atoms with Crippen LogP contribution in [0.4, 0.5) is 0 Å². The number of allylic oxidation sites excluding steroid dienone is 1. The Morgan fingerprint density at radius 3 is 2.33 bits per heavy atom. The van der Waals surface area contributed by atoms with E-state index >= 15 is 0 Å². The Bertz CT molecular complexity index is 459. The topological polar surface area (TPSA) is 29.5 Å². The largest absolute Gasteiger partial charge is 0.387 e. The van der Waals surface area contributed by atoms with Gasteiger partial charge in [0, 0.05) is 27.2 Å². The van der Waals surface area contributed by atoms with E-state index in [1.54, 1.807) is 7.11 Å². The Morgan fingerprint density at radius 1 is 1.29 bits per heavy atom. The van der Waals surface area contributed by atoms with Crippen LogP contribution in [0.25, 0.3) is 0 Å². The predicted octanol–water partition coefficient (Wildman–Crippen LogP) is 5.00. The molecule has 0 radical (unpaired) electrons. The number of ether oxygens (including phenoxy) is 1. The van der Waals surface area contributed by atoms with Crippen molar-refractivity contribution in [3.63, 3.8) is 0 Å². The number of rotatable bonds is 1. The molecule has 2 aliphatic rings. The summed E-state index contributed by atoms with van der Waals surface area (Å²) in [6.07, 6.45) is 4.23. The van der Waals surface area contributed by atoms with Gasteiger partial charge in [-0.05, 0) is 39.2 Å². The molecule has 0 aromatic rings. The average Bonchev–Trinajstić information content (AvgIpc) is 2.36. The summed E-state index contributed by atoms with van der Waals surface area (Å²) in [7, 11) is 1.65. The second kappa shape index (κ2) is 5.47. The first-order valence-electron chi connectivity index (χ1n) is 7.38. The molecular formula is C16H25Br2ClO2. The predicted molar refractivity (Wildman–Crippen MR) is 95.5 cm³/mol. The molecule has 0 saturated heterocycles. The molecule has 21 heavy (non-hydrogen) atoms. The van der Waals surface area contributed by atoms with E-state index in [1.807, 2.05) is 13.0 Å². The molecule has 0 amide bonds. The van der Waals surface area contributed by atoms with Crippen molar-refractivity contribution in [1.82, 2.24) is 0 Å². The molecule has 1 fully saturated rings. The summed E-state index contributed by atoms with van der Waals surface area (Å²) >= 11 is 14.1. The number of hydrogen-bond acceptors (Lipinski definition) is 2. The highest BCUT2D eigenvalue weighted by Crippen LogP contribution is 2.66. The fraction of sp³-hybridized carbons (Fsp3) is 0.875. The van der Waals surface area contributed by atoms with Crippen LogP contribution >= 0.6 is 43.5 Å². The van der Waals surface area contributed by atoms with Crippen LogP contribution in [-0.2, 0) is 4.74 Å². The van der Waals surface area contributed by atoms with Crippen LogP contribution in [0, 0.1) is 10.8 Å². The molecule has 122 valence electrons. The van der Waals surface area contributed by atoms with E-state index in [0.29, 0.717) is 0 Å². The highest BCUT2D eigenvalue weighted by molar-refractivity contribution is 9.11. The molecule has 0 aliphatic heterocycles. The lowest BCUT2D eigenvalue weighted by Gasteiger charge is -2.63. The summed E-state index contributed by atoms with van der Waals surface area (Å²) in [4.78, 5) is -0.116. The van der Waals surface area contributed by atoms with Gasteiger partial charge in [0.15, 0.2) is 0 Å². The van der Waals surface area contributed by atoms with Crippen molar-refractivity contribution in [1.29, 1.82) is 0 Å². The van der Waals surface area contributed by atoms with Crippen molar-refractivity contribution in [3.05, 3.63) is 10.6 Å². The third-order valence-electron chi connectivity index (χ3n) is 6.09. The lowest BCUT2D eigenvalue weighted by Crippen LogP contribution is -2.66. The fourth-order valence-corrected chi connectivity index (χ4v) is 5.77. The van der Waals surface area contributed by atoms with E-state index < -0.39 is 5.60 Å². The maximum atomic E-state index is 11.4. The zero-order valence-electron chi connectivity index (χ0n) is 13.3. The Labute approximate surface area is 149 Å². The van der Waals surface area contributed by atoms with Crippen LogP contribution in [0.5, 0.6) is 0 Å². The van der Waals surface area contributed by atoms with Gasteiger partial charge in [-0.15, -0.1) is 11.6 Å². The molecule has 0 aromatic heterocycles. The summed E-state index contributed by atoms with van der Waals surface area (Å²) in [5, 5.41) is 11.4. The van der Waals surface area contributed by atoms with Crippen LogP contribution in [0.2, 0.25) is 0 Å². The highest BCUT2D eigenvalue weighted by atomic mass is 79.9. The quantitative estimate of drug-likeness (QED) is 0.577. The zero-order chi connectivity index (χ0) is 16.3. The van der Waals surface area contributed by atoms with Crippen molar-refractivity contribution in [2.45, 2.75) is 68.4 Å². The van der Waals surface area contributed by atoms with Gasteiger partial charge >= 0.3 is 0 Å². The molecule has 5 atom stereocenters. The second-order valence-electron chi connectivity index (χ2n) is 7.48. The van der Waals surface area contributed by atoms with Gasteiger partial charge in [0.2, 0.25) is 0 Å². The van der Waals surface area contributed by atoms with E-state index in [9.17, 15) is 5.11 Å². The maximum absolute atomic E-state index is 11.4. The molecule has 5 heteroatoms. The zero-order valence-corrected chi connectivity index (χ0v) is 17.3. The SMILES string of the molecule is COC1C=C(Br)C(C)(C)C2(CCC(C)(Cl)C(Br)C2)C1(C)O. The first-order valence-corrected chi connectivity index (χ1v) is 9.47. The summed E-state index contributed by atoms with van der Waals surface area (Å²) < 4.78 is 6.68. The smallest absolute Gasteiger partial charge is 0.105 e. The van der Waals surface area contributed by atoms with E-state index in [2.05, 4.69) is 52.6 Å². The average molecular weight is 445 g/mol. The van der Waals surface area contributed by atoms with Gasteiger partial charge in [-0.1, -0.05) is 45.7 Å². The van der Waals surface area contributed by atoms with E-state index in [4.69, 9.17) is 16.3 Å². The summed E-state index contributed by atoms with van der Waals surface area (Å²) in [5.74, 6) is 0. The van der Waals surface area contributed by atoms with Crippen molar-refractivity contribution < 1.29 is 9.84 Å². The Balaban J connectivity index is 2.56. The molecule has 2 rings (SSSR count). The minimum atomic E-state index is -0.943. The van der Waals surface area contributed by atoms with E-state index in [0.717, 1.165) is 23.7 Å². The van der Waals surface area contributed by atoms with Gasteiger partial charge < -0.3 is 9.84 Å².